The first-order valence-corrected chi connectivity index (χ1v) is 6.16. The van der Waals surface area contributed by atoms with E-state index >= 15 is 0 Å². The second-order valence-electron chi connectivity index (χ2n) is 3.44. The smallest absolute Gasteiger partial charge is 0.253 e. The number of nitrogen functional groups attached to an aromatic ring is 1. The predicted molar refractivity (Wildman–Crippen MR) is 66.7 cm³/mol. The van der Waals surface area contributed by atoms with Gasteiger partial charge in [-0.25, -0.2) is 9.97 Å². The molecular formula is C10H13N5OS. The number of nitrogens with zero attached hydrogens (tertiary/aromatic N) is 3. The van der Waals surface area contributed by atoms with Gasteiger partial charge in [0.1, 0.15) is 5.82 Å². The zero-order valence-electron chi connectivity index (χ0n) is 9.38. The molecule has 7 heteroatoms. The molecule has 0 fully saturated rings. The van der Waals surface area contributed by atoms with Crippen LogP contribution in [-0.2, 0) is 12.3 Å². The van der Waals surface area contributed by atoms with Crippen LogP contribution in [0.3, 0.4) is 0 Å². The Hall–Kier alpha value is -1.76. The Bertz CT molecular complexity index is 562. The molecule has 17 heavy (non-hydrogen) atoms. The molecule has 90 valence electrons. The second-order valence-corrected chi connectivity index (χ2v) is 4.40. The Morgan fingerprint density at radius 2 is 2.41 bits per heavy atom. The number of imidazole rings is 1. The van der Waals surface area contributed by atoms with Gasteiger partial charge in [0.05, 0.1) is 6.33 Å². The number of hydrogen-bond donors (Lipinski definition) is 2. The molecule has 0 radical (unpaired) electrons. The highest BCUT2D eigenvalue weighted by Gasteiger charge is 2.04. The lowest BCUT2D eigenvalue weighted by Gasteiger charge is -2.04. The van der Waals surface area contributed by atoms with Crippen LogP contribution in [0.4, 0.5) is 5.82 Å². The van der Waals surface area contributed by atoms with Crippen molar-refractivity contribution in [2.45, 2.75) is 24.4 Å². The Kier molecular flexibility index (Phi) is 3.48. The van der Waals surface area contributed by atoms with Gasteiger partial charge in [-0.2, -0.15) is 0 Å². The standard InChI is InChI=1S/C10H13N5OS/c1-2-15-6-12-4-7(15)5-17-10-13-8(11)3-9(16)14-10/h3-4,6H,2,5H2,1H3,(H3,11,13,14,16). The monoisotopic (exact) mass is 251 g/mol. The van der Waals surface area contributed by atoms with Gasteiger partial charge < -0.3 is 15.3 Å². The summed E-state index contributed by atoms with van der Waals surface area (Å²) in [4.78, 5) is 21.9. The lowest BCUT2D eigenvalue weighted by molar-refractivity contribution is 0.733. The summed E-state index contributed by atoms with van der Waals surface area (Å²) in [5, 5.41) is 0.527. The first-order chi connectivity index (χ1) is 8.19. The van der Waals surface area contributed by atoms with Gasteiger partial charge in [-0.3, -0.25) is 4.79 Å². The van der Waals surface area contributed by atoms with E-state index in [-0.39, 0.29) is 11.4 Å². The molecule has 0 saturated carbocycles. The third kappa shape index (κ3) is 2.88. The molecule has 0 bridgehead atoms. The van der Waals surface area contributed by atoms with Crippen LogP contribution in [0.25, 0.3) is 0 Å². The van der Waals surface area contributed by atoms with Crippen molar-refractivity contribution in [3.8, 4) is 0 Å². The van der Waals surface area contributed by atoms with Crippen molar-refractivity contribution in [1.82, 2.24) is 19.5 Å². The van der Waals surface area contributed by atoms with Crippen molar-refractivity contribution in [2.24, 2.45) is 0 Å². The van der Waals surface area contributed by atoms with Crippen molar-refractivity contribution in [3.63, 3.8) is 0 Å². The van der Waals surface area contributed by atoms with E-state index in [2.05, 4.69) is 21.9 Å². The summed E-state index contributed by atoms with van der Waals surface area (Å²) in [6.07, 6.45) is 3.59. The van der Waals surface area contributed by atoms with Crippen molar-refractivity contribution in [3.05, 3.63) is 34.6 Å². The molecule has 0 aliphatic heterocycles. The number of nitrogens with two attached hydrogens (primary N) is 1. The lowest BCUT2D eigenvalue weighted by atomic mass is 10.5. The third-order valence-electron chi connectivity index (χ3n) is 2.24. The molecule has 2 rings (SSSR count). The Labute approximate surface area is 102 Å². The second kappa shape index (κ2) is 5.05. The number of hydrogen-bond acceptors (Lipinski definition) is 5. The van der Waals surface area contributed by atoms with E-state index in [1.807, 2.05) is 4.57 Å². The molecule has 0 saturated heterocycles. The number of anilines is 1. The molecule has 2 aromatic heterocycles. The van der Waals surface area contributed by atoms with Crippen molar-refractivity contribution >= 4 is 17.6 Å². The number of aryl methyl sites for hydroxylation is 1. The van der Waals surface area contributed by atoms with Crippen molar-refractivity contribution < 1.29 is 0 Å². The van der Waals surface area contributed by atoms with Crippen LogP contribution in [0.2, 0.25) is 0 Å². The molecule has 0 atom stereocenters. The predicted octanol–water partition coefficient (Wildman–Crippen LogP) is 0.861. The molecule has 0 aliphatic rings. The van der Waals surface area contributed by atoms with Gasteiger partial charge in [0, 0.05) is 30.3 Å². The molecule has 0 aromatic carbocycles. The molecule has 0 spiro atoms. The fourth-order valence-electron chi connectivity index (χ4n) is 1.42. The van der Waals surface area contributed by atoms with Crippen LogP contribution in [0, 0.1) is 0 Å². The SMILES string of the molecule is CCn1cncc1CSc1nc(N)cc(=O)[nH]1. The fraction of sp³-hybridized carbons (Fsp3) is 0.300. The highest BCUT2D eigenvalue weighted by Crippen LogP contribution is 2.18. The Balaban J connectivity index is 2.09. The number of H-pyrrole nitrogens is 1. The quantitative estimate of drug-likeness (QED) is 0.621. The molecule has 3 N–H and O–H groups in total. The summed E-state index contributed by atoms with van der Waals surface area (Å²) in [6, 6.07) is 1.26. The zero-order valence-corrected chi connectivity index (χ0v) is 10.2. The van der Waals surface area contributed by atoms with Crippen LogP contribution >= 0.6 is 11.8 Å². The van der Waals surface area contributed by atoms with E-state index in [0.717, 1.165) is 12.2 Å². The summed E-state index contributed by atoms with van der Waals surface area (Å²) in [7, 11) is 0. The van der Waals surface area contributed by atoms with Crippen LogP contribution in [0.5, 0.6) is 0 Å². The van der Waals surface area contributed by atoms with Gasteiger partial charge in [-0.1, -0.05) is 11.8 Å². The molecule has 0 unspecified atom stereocenters. The minimum Gasteiger partial charge on any atom is -0.383 e. The molecule has 0 aliphatic carbocycles. The highest BCUT2D eigenvalue weighted by atomic mass is 32.2. The molecule has 6 nitrogen and oxygen atoms in total. The average molecular weight is 251 g/mol. The summed E-state index contributed by atoms with van der Waals surface area (Å²) in [5.74, 6) is 0.931. The largest absolute Gasteiger partial charge is 0.383 e. The number of aromatic nitrogens is 4. The van der Waals surface area contributed by atoms with Gasteiger partial charge in [0.25, 0.3) is 5.56 Å². The fourth-order valence-corrected chi connectivity index (χ4v) is 2.28. The average Bonchev–Trinajstić information content (AvgIpc) is 2.72. The van der Waals surface area contributed by atoms with E-state index in [9.17, 15) is 4.79 Å². The maximum atomic E-state index is 11.2. The lowest BCUT2D eigenvalue weighted by Crippen LogP contribution is -2.09. The van der Waals surface area contributed by atoms with Crippen LogP contribution in [0.15, 0.2) is 28.5 Å². The van der Waals surface area contributed by atoms with E-state index in [1.54, 1.807) is 12.5 Å². The topological polar surface area (TPSA) is 89.6 Å². The third-order valence-corrected chi connectivity index (χ3v) is 3.14. The summed E-state index contributed by atoms with van der Waals surface area (Å²) in [5.41, 5.74) is 6.36. The minimum atomic E-state index is -0.232. The van der Waals surface area contributed by atoms with Crippen LogP contribution in [-0.4, -0.2) is 19.5 Å². The Morgan fingerprint density at radius 3 is 3.12 bits per heavy atom. The molecular weight excluding hydrogens is 238 g/mol. The number of nitrogens with one attached hydrogen (secondary N) is 1. The zero-order chi connectivity index (χ0) is 12.3. The van der Waals surface area contributed by atoms with E-state index in [1.165, 1.54) is 17.8 Å². The Morgan fingerprint density at radius 1 is 1.59 bits per heavy atom. The number of thioether (sulfide) groups is 1. The van der Waals surface area contributed by atoms with Crippen molar-refractivity contribution in [1.29, 1.82) is 0 Å². The maximum absolute atomic E-state index is 11.2. The van der Waals surface area contributed by atoms with E-state index < -0.39 is 0 Å². The molecule has 0 amide bonds. The normalized spacial score (nSPS) is 10.6. The first kappa shape index (κ1) is 11.7. The number of rotatable bonds is 4. The van der Waals surface area contributed by atoms with Gasteiger partial charge >= 0.3 is 0 Å². The van der Waals surface area contributed by atoms with Gasteiger partial charge in [0.15, 0.2) is 5.16 Å². The molecule has 2 aromatic rings. The van der Waals surface area contributed by atoms with Gasteiger partial charge in [0.2, 0.25) is 0 Å². The summed E-state index contributed by atoms with van der Waals surface area (Å²) in [6.45, 7) is 2.92. The summed E-state index contributed by atoms with van der Waals surface area (Å²) < 4.78 is 2.04. The molecule has 2 heterocycles. The highest BCUT2D eigenvalue weighted by molar-refractivity contribution is 7.98. The van der Waals surface area contributed by atoms with Gasteiger partial charge in [-0.05, 0) is 6.92 Å². The summed E-state index contributed by atoms with van der Waals surface area (Å²) >= 11 is 1.43. The minimum absolute atomic E-state index is 0.232. The van der Waals surface area contributed by atoms with E-state index in [4.69, 9.17) is 5.73 Å². The van der Waals surface area contributed by atoms with Gasteiger partial charge in [-0.15, -0.1) is 0 Å². The van der Waals surface area contributed by atoms with Crippen molar-refractivity contribution in [2.75, 3.05) is 5.73 Å². The first-order valence-electron chi connectivity index (χ1n) is 5.17. The van der Waals surface area contributed by atoms with Crippen LogP contribution < -0.4 is 11.3 Å². The maximum Gasteiger partial charge on any atom is 0.253 e. The number of aromatic amines is 1. The van der Waals surface area contributed by atoms with E-state index in [0.29, 0.717) is 10.9 Å². The van der Waals surface area contributed by atoms with Crippen LogP contribution in [0.1, 0.15) is 12.6 Å².